The van der Waals surface area contributed by atoms with Crippen LogP contribution in [-0.4, -0.2) is 24.3 Å². The number of ether oxygens (including phenoxy) is 1. The predicted molar refractivity (Wildman–Crippen MR) is 80.3 cm³/mol. The lowest BCUT2D eigenvalue weighted by molar-refractivity contribution is -0.398. The van der Waals surface area contributed by atoms with Crippen molar-refractivity contribution in [3.05, 3.63) is 0 Å². The minimum absolute atomic E-state index is 0.00603. The molecule has 0 aliphatic heterocycles. The quantitative estimate of drug-likeness (QED) is 0.275. The van der Waals surface area contributed by atoms with Crippen molar-refractivity contribution in [3.63, 3.8) is 0 Å². The summed E-state index contributed by atoms with van der Waals surface area (Å²) in [7, 11) is 1.44. The fourth-order valence-corrected chi connectivity index (χ4v) is 1.78. The first-order valence-electron chi connectivity index (χ1n) is 7.52. The van der Waals surface area contributed by atoms with E-state index in [0.717, 1.165) is 32.1 Å². The molecule has 120 valence electrons. The molecule has 0 aromatic heterocycles. The monoisotopic (exact) mass is 288 g/mol. The van der Waals surface area contributed by atoms with Crippen LogP contribution >= 0.6 is 0 Å². The van der Waals surface area contributed by atoms with Gasteiger partial charge in [0.2, 0.25) is 0 Å². The maximum Gasteiger partial charge on any atom is 0.308 e. The molecule has 0 amide bonds. The zero-order valence-electron chi connectivity index (χ0n) is 14.2. The van der Waals surface area contributed by atoms with Crippen molar-refractivity contribution in [3.8, 4) is 0 Å². The summed E-state index contributed by atoms with van der Waals surface area (Å²) in [5, 5.41) is 0. The SMILES string of the molecule is COC(=O)C(C)CCCCCC(C)(C)OOC(C)(C)C. The molecule has 0 aliphatic rings. The summed E-state index contributed by atoms with van der Waals surface area (Å²) in [6.45, 7) is 11.9. The van der Waals surface area contributed by atoms with E-state index < -0.39 is 0 Å². The first-order chi connectivity index (χ1) is 9.07. The number of carbonyl (C=O) groups excluding carboxylic acids is 1. The highest BCUT2D eigenvalue weighted by molar-refractivity contribution is 5.71. The van der Waals surface area contributed by atoms with Gasteiger partial charge < -0.3 is 4.74 Å². The molecule has 0 spiro atoms. The van der Waals surface area contributed by atoms with Gasteiger partial charge in [-0.3, -0.25) is 4.79 Å². The molecule has 4 nitrogen and oxygen atoms in total. The van der Waals surface area contributed by atoms with Crippen molar-refractivity contribution in [2.75, 3.05) is 7.11 Å². The van der Waals surface area contributed by atoms with Gasteiger partial charge in [0.15, 0.2) is 0 Å². The second-order valence-electron chi connectivity index (χ2n) is 7.06. The Morgan fingerprint density at radius 1 is 1.00 bits per heavy atom. The van der Waals surface area contributed by atoms with E-state index in [1.165, 1.54) is 7.11 Å². The van der Waals surface area contributed by atoms with Crippen molar-refractivity contribution in [2.24, 2.45) is 5.92 Å². The number of esters is 1. The molecule has 1 atom stereocenters. The molecule has 20 heavy (non-hydrogen) atoms. The molecule has 0 rings (SSSR count). The van der Waals surface area contributed by atoms with Gasteiger partial charge in [-0.25, -0.2) is 9.78 Å². The smallest absolute Gasteiger partial charge is 0.308 e. The molecule has 0 aliphatic carbocycles. The molecular weight excluding hydrogens is 256 g/mol. The van der Waals surface area contributed by atoms with Gasteiger partial charge in [-0.15, -0.1) is 0 Å². The Labute approximate surface area is 124 Å². The number of unbranched alkanes of at least 4 members (excludes halogenated alkanes) is 2. The van der Waals surface area contributed by atoms with Crippen LogP contribution in [0.3, 0.4) is 0 Å². The van der Waals surface area contributed by atoms with Crippen LogP contribution in [0.15, 0.2) is 0 Å². The zero-order chi connectivity index (χ0) is 15.8. The average molecular weight is 288 g/mol. The second-order valence-corrected chi connectivity index (χ2v) is 7.06. The summed E-state index contributed by atoms with van der Waals surface area (Å²) in [5.41, 5.74) is -0.561. The second kappa shape index (κ2) is 8.63. The van der Waals surface area contributed by atoms with Gasteiger partial charge in [0.05, 0.1) is 24.2 Å². The van der Waals surface area contributed by atoms with Gasteiger partial charge >= 0.3 is 5.97 Å². The largest absolute Gasteiger partial charge is 0.469 e. The number of rotatable bonds is 9. The number of carbonyl (C=O) groups is 1. The average Bonchev–Trinajstić information content (AvgIpc) is 2.34. The minimum Gasteiger partial charge on any atom is -0.469 e. The summed E-state index contributed by atoms with van der Waals surface area (Å²) in [4.78, 5) is 22.1. The molecule has 4 heteroatoms. The topological polar surface area (TPSA) is 44.8 Å². The first kappa shape index (κ1) is 19.4. The van der Waals surface area contributed by atoms with Gasteiger partial charge in [0.1, 0.15) is 0 Å². The maximum atomic E-state index is 11.3. The Morgan fingerprint density at radius 2 is 1.60 bits per heavy atom. The third-order valence-corrected chi connectivity index (χ3v) is 3.04. The Bertz CT molecular complexity index is 279. The molecular formula is C16H32O4. The van der Waals surface area contributed by atoms with Crippen LogP contribution in [-0.2, 0) is 19.3 Å². The van der Waals surface area contributed by atoms with Crippen molar-refractivity contribution in [1.29, 1.82) is 0 Å². The fourth-order valence-electron chi connectivity index (χ4n) is 1.78. The molecule has 1 unspecified atom stereocenters. The first-order valence-corrected chi connectivity index (χ1v) is 7.52. The van der Waals surface area contributed by atoms with Gasteiger partial charge in [0.25, 0.3) is 0 Å². The van der Waals surface area contributed by atoms with E-state index in [9.17, 15) is 4.79 Å². The molecule has 0 fully saturated rings. The molecule has 0 radical (unpaired) electrons. The summed E-state index contributed by atoms with van der Waals surface area (Å²) in [6.07, 6.45) is 5.01. The third-order valence-electron chi connectivity index (χ3n) is 3.04. The third kappa shape index (κ3) is 10.2. The molecule has 0 saturated heterocycles. The molecule has 0 aromatic carbocycles. The van der Waals surface area contributed by atoms with Gasteiger partial charge in [-0.1, -0.05) is 26.2 Å². The van der Waals surface area contributed by atoms with E-state index in [-0.39, 0.29) is 23.1 Å². The molecule has 0 saturated carbocycles. The van der Waals surface area contributed by atoms with E-state index in [2.05, 4.69) is 0 Å². The van der Waals surface area contributed by atoms with Crippen LogP contribution < -0.4 is 0 Å². The molecule has 0 N–H and O–H groups in total. The van der Waals surface area contributed by atoms with E-state index in [1.54, 1.807) is 0 Å². The van der Waals surface area contributed by atoms with Crippen molar-refractivity contribution in [1.82, 2.24) is 0 Å². The van der Waals surface area contributed by atoms with Crippen LogP contribution in [0, 0.1) is 5.92 Å². The van der Waals surface area contributed by atoms with E-state index in [4.69, 9.17) is 14.5 Å². The minimum atomic E-state index is -0.285. The lowest BCUT2D eigenvalue weighted by atomic mass is 9.98. The number of hydrogen-bond donors (Lipinski definition) is 0. The van der Waals surface area contributed by atoms with Gasteiger partial charge in [-0.05, 0) is 47.5 Å². The van der Waals surface area contributed by atoms with Gasteiger partial charge in [0, 0.05) is 0 Å². The molecule has 0 bridgehead atoms. The Morgan fingerprint density at radius 3 is 2.10 bits per heavy atom. The van der Waals surface area contributed by atoms with Crippen LogP contribution in [0.25, 0.3) is 0 Å². The zero-order valence-corrected chi connectivity index (χ0v) is 14.2. The molecule has 0 aromatic rings. The van der Waals surface area contributed by atoms with Gasteiger partial charge in [-0.2, -0.15) is 0 Å². The lowest BCUT2D eigenvalue weighted by Crippen LogP contribution is -2.30. The molecule has 0 heterocycles. The summed E-state index contributed by atoms with van der Waals surface area (Å²) >= 11 is 0. The van der Waals surface area contributed by atoms with E-state index in [1.807, 2.05) is 41.5 Å². The lowest BCUT2D eigenvalue weighted by Gasteiger charge is -2.28. The summed E-state index contributed by atoms with van der Waals surface area (Å²) in [5.74, 6) is -0.124. The normalized spacial score (nSPS) is 14.2. The predicted octanol–water partition coefficient (Wildman–Crippen LogP) is 4.27. The number of hydrogen-bond acceptors (Lipinski definition) is 4. The number of methoxy groups -OCH3 is 1. The Balaban J connectivity index is 3.75. The standard InChI is InChI=1S/C16H32O4/c1-13(14(17)18-7)11-9-8-10-12-16(5,6)20-19-15(2,3)4/h13H,8-12H2,1-7H3. The highest BCUT2D eigenvalue weighted by Crippen LogP contribution is 2.22. The van der Waals surface area contributed by atoms with Crippen LogP contribution in [0.2, 0.25) is 0 Å². The summed E-state index contributed by atoms with van der Waals surface area (Å²) < 4.78 is 4.71. The highest BCUT2D eigenvalue weighted by Gasteiger charge is 2.23. The summed E-state index contributed by atoms with van der Waals surface area (Å²) in [6, 6.07) is 0. The maximum absolute atomic E-state index is 11.3. The Kier molecular flexibility index (Phi) is 8.36. The van der Waals surface area contributed by atoms with E-state index in [0.29, 0.717) is 0 Å². The highest BCUT2D eigenvalue weighted by atomic mass is 17.2. The van der Waals surface area contributed by atoms with Crippen LogP contribution in [0.4, 0.5) is 0 Å². The Hall–Kier alpha value is -0.610. The fraction of sp³-hybridized carbons (Fsp3) is 0.938. The van der Waals surface area contributed by atoms with Crippen molar-refractivity contribution in [2.45, 2.75) is 84.8 Å². The van der Waals surface area contributed by atoms with E-state index >= 15 is 0 Å². The van der Waals surface area contributed by atoms with Crippen molar-refractivity contribution >= 4 is 5.97 Å². The van der Waals surface area contributed by atoms with Crippen LogP contribution in [0.1, 0.15) is 73.6 Å². The van der Waals surface area contributed by atoms with Crippen LogP contribution in [0.5, 0.6) is 0 Å². The van der Waals surface area contributed by atoms with Crippen molar-refractivity contribution < 1.29 is 19.3 Å².